The summed E-state index contributed by atoms with van der Waals surface area (Å²) in [6.07, 6.45) is 3.14. The number of aliphatic hydroxyl groups excluding tert-OH is 7. The van der Waals surface area contributed by atoms with Gasteiger partial charge in [0.2, 0.25) is 0 Å². The second kappa shape index (κ2) is 10.1. The number of allylic oxidation sites excluding steroid dienone is 3. The number of nitrogens with zero attached hydrogens (tertiary/aromatic N) is 2. The van der Waals surface area contributed by atoms with Gasteiger partial charge in [-0.05, 0) is 23.6 Å². The Kier molecular flexibility index (Phi) is 6.57. The van der Waals surface area contributed by atoms with Crippen molar-refractivity contribution < 1.29 is 50.1 Å². The van der Waals surface area contributed by atoms with Crippen LogP contribution in [0.5, 0.6) is 0 Å². The number of ether oxygens (including phenoxy) is 1. The molecule has 6 unspecified atom stereocenters. The van der Waals surface area contributed by atoms with Gasteiger partial charge in [0.1, 0.15) is 30.2 Å². The van der Waals surface area contributed by atoms with Gasteiger partial charge in [-0.25, -0.2) is 10.4 Å². The number of fused-ring (bicyclic) bond motifs is 9. The van der Waals surface area contributed by atoms with Crippen LogP contribution in [0.1, 0.15) is 26.3 Å². The van der Waals surface area contributed by atoms with E-state index in [0.717, 1.165) is 5.01 Å². The lowest BCUT2D eigenvalue weighted by Gasteiger charge is -2.46. The number of nitrogens with one attached hydrogen (secondary N) is 2. The summed E-state index contributed by atoms with van der Waals surface area (Å²) in [5, 5.41) is 74.2. The number of carbonyl (C=O) groups is 2. The van der Waals surface area contributed by atoms with Crippen molar-refractivity contribution in [1.29, 1.82) is 0 Å². The number of amides is 2. The lowest BCUT2D eigenvalue weighted by molar-refractivity contribution is -0.228. The van der Waals surface area contributed by atoms with Crippen LogP contribution in [-0.4, -0.2) is 120 Å². The van der Waals surface area contributed by atoms with Gasteiger partial charge >= 0.3 is 0 Å². The fraction of sp³-hybridized carbons (Fsp3) is 0.379. The van der Waals surface area contributed by atoms with E-state index in [2.05, 4.69) is 10.4 Å². The number of imide groups is 1. The summed E-state index contributed by atoms with van der Waals surface area (Å²) in [6.45, 7) is -1.75. The van der Waals surface area contributed by atoms with Gasteiger partial charge in [0, 0.05) is 10.6 Å². The van der Waals surface area contributed by atoms with E-state index in [0.29, 0.717) is 44.7 Å². The maximum atomic E-state index is 14.1. The average molecular weight is 595 g/mol. The molecule has 2 amide bonds. The highest BCUT2D eigenvalue weighted by Gasteiger charge is 2.52. The van der Waals surface area contributed by atoms with Crippen LogP contribution in [0.2, 0.25) is 0 Å². The molecule has 7 rings (SSSR count). The van der Waals surface area contributed by atoms with Crippen LogP contribution in [0.15, 0.2) is 36.5 Å². The third-order valence-electron chi connectivity index (χ3n) is 8.75. The number of anilines is 1. The van der Waals surface area contributed by atoms with Crippen LogP contribution in [0, 0.1) is 0 Å². The predicted molar refractivity (Wildman–Crippen MR) is 150 cm³/mol. The van der Waals surface area contributed by atoms with Crippen LogP contribution in [0.3, 0.4) is 0 Å². The van der Waals surface area contributed by atoms with Crippen molar-refractivity contribution in [1.82, 2.24) is 15.4 Å². The monoisotopic (exact) mass is 594 g/mol. The number of rotatable bonds is 6. The highest BCUT2D eigenvalue weighted by atomic mass is 16.6. The van der Waals surface area contributed by atoms with Crippen LogP contribution >= 0.6 is 0 Å². The Balaban J connectivity index is 1.55. The molecule has 1 aromatic heterocycles. The van der Waals surface area contributed by atoms with E-state index < -0.39 is 74.4 Å². The second-order valence-corrected chi connectivity index (χ2v) is 11.1. The van der Waals surface area contributed by atoms with E-state index in [1.54, 1.807) is 35.3 Å². The first-order valence-corrected chi connectivity index (χ1v) is 13.9. The molecule has 1 fully saturated rings. The number of H-pyrrole nitrogens is 1. The maximum absolute atomic E-state index is 14.1. The molecule has 14 heteroatoms. The molecule has 43 heavy (non-hydrogen) atoms. The highest BCUT2D eigenvalue weighted by molar-refractivity contribution is 6.29. The molecule has 3 aliphatic heterocycles. The van der Waals surface area contributed by atoms with Crippen molar-refractivity contribution in [3.05, 3.63) is 63.7 Å². The van der Waals surface area contributed by atoms with Gasteiger partial charge in [0.25, 0.3) is 11.8 Å². The van der Waals surface area contributed by atoms with Crippen molar-refractivity contribution >= 4 is 39.7 Å². The molecule has 5 aliphatic rings. The minimum absolute atomic E-state index is 0.0394. The van der Waals surface area contributed by atoms with E-state index >= 15 is 0 Å². The van der Waals surface area contributed by atoms with E-state index in [4.69, 9.17) is 4.74 Å². The highest BCUT2D eigenvalue weighted by Crippen LogP contribution is 2.43. The number of aliphatic hydroxyl groups is 7. The molecule has 0 bridgehead atoms. The van der Waals surface area contributed by atoms with Crippen molar-refractivity contribution in [3.63, 3.8) is 0 Å². The van der Waals surface area contributed by atoms with E-state index in [9.17, 15) is 45.3 Å². The van der Waals surface area contributed by atoms with E-state index in [1.165, 1.54) is 6.08 Å². The Morgan fingerprint density at radius 3 is 2.47 bits per heavy atom. The Hall–Kier alpha value is -3.86. The van der Waals surface area contributed by atoms with Gasteiger partial charge in [-0.2, -0.15) is 0 Å². The van der Waals surface area contributed by atoms with Crippen LogP contribution in [0.25, 0.3) is 22.2 Å². The molecule has 1 saturated heterocycles. The molecule has 0 radical (unpaired) electrons. The quantitative estimate of drug-likeness (QED) is 0.150. The molecular weight excluding hydrogens is 564 g/mol. The van der Waals surface area contributed by atoms with E-state index in [1.807, 2.05) is 0 Å². The smallest absolute Gasteiger partial charge is 0.276 e. The minimum Gasteiger partial charge on any atom is -0.506 e. The van der Waals surface area contributed by atoms with Crippen LogP contribution in [0.4, 0.5) is 5.69 Å². The van der Waals surface area contributed by atoms with Gasteiger partial charge in [-0.15, -0.1) is 0 Å². The van der Waals surface area contributed by atoms with Gasteiger partial charge in [-0.3, -0.25) is 9.59 Å². The van der Waals surface area contributed by atoms with Crippen molar-refractivity contribution in [3.8, 4) is 0 Å². The number of aromatic nitrogens is 1. The Bertz CT molecular complexity index is 1770. The average Bonchev–Trinajstić information content (AvgIpc) is 3.64. The number of benzene rings is 1. The Morgan fingerprint density at radius 2 is 1.74 bits per heavy atom. The summed E-state index contributed by atoms with van der Waals surface area (Å²) >= 11 is 0. The number of hydrazine groups is 1. The zero-order valence-corrected chi connectivity index (χ0v) is 22.6. The number of carbonyl (C=O) groups excluding carboxylic acids is 2. The third kappa shape index (κ3) is 3.76. The van der Waals surface area contributed by atoms with Gasteiger partial charge in [0.15, 0.2) is 6.23 Å². The normalized spacial score (nSPS) is 29.3. The minimum atomic E-state index is -1.67. The summed E-state index contributed by atoms with van der Waals surface area (Å²) in [6, 6.07) is -1.67. The molecule has 6 atom stereocenters. The summed E-state index contributed by atoms with van der Waals surface area (Å²) in [5.74, 6) is -1.53. The second-order valence-electron chi connectivity index (χ2n) is 11.1. The zero-order valence-electron chi connectivity index (χ0n) is 22.6. The summed E-state index contributed by atoms with van der Waals surface area (Å²) in [5.41, 5.74) is 4.56. The SMILES string of the molecule is O=C1c2c(c3c4c([nH]c3c3c2=C2C=CC=CC2N3C2OC(CO)C(O)C(O)C2O)=C(O)C=CC4)C(=O)N1NC(CO)CO. The summed E-state index contributed by atoms with van der Waals surface area (Å²) < 4.78 is 6.00. The standard InChI is InChI=1S/C29H30N4O10/c34-8-11(9-35)31-33-27(41)19-17-13-5-3-7-15(37)21(13)30-22(17)23-18(20(19)28(33)42)12-4-1-2-6-14(12)32(23)29-26(40)25(39)24(38)16(10-36)43-29/h1-4,6-7,11,14,16,24-26,29-31,34-40H,5,8-10H2. The lowest BCUT2D eigenvalue weighted by atomic mass is 9.93. The molecule has 0 saturated carbocycles. The lowest BCUT2D eigenvalue weighted by Crippen LogP contribution is -2.64. The Morgan fingerprint density at radius 1 is 1.00 bits per heavy atom. The van der Waals surface area contributed by atoms with Crippen LogP contribution < -0.4 is 20.9 Å². The first-order chi connectivity index (χ1) is 20.7. The van der Waals surface area contributed by atoms with Crippen LogP contribution in [-0.2, 0) is 11.2 Å². The molecule has 1 aromatic carbocycles. The molecule has 14 nitrogen and oxygen atoms in total. The van der Waals surface area contributed by atoms with Crippen molar-refractivity contribution in [2.45, 2.75) is 49.1 Å². The Labute approximate surface area is 243 Å². The fourth-order valence-electron chi connectivity index (χ4n) is 6.74. The third-order valence-corrected chi connectivity index (χ3v) is 8.75. The van der Waals surface area contributed by atoms with Gasteiger partial charge < -0.3 is 50.4 Å². The zero-order chi connectivity index (χ0) is 30.3. The molecule has 2 aliphatic carbocycles. The topological polar surface area (TPSA) is 219 Å². The number of hydrogen-bond acceptors (Lipinski definition) is 12. The maximum Gasteiger partial charge on any atom is 0.276 e. The molecule has 2 aromatic rings. The number of aromatic amines is 1. The van der Waals surface area contributed by atoms with Gasteiger partial charge in [0.05, 0.1) is 59.6 Å². The molecule has 9 N–H and O–H groups in total. The van der Waals surface area contributed by atoms with E-state index in [-0.39, 0.29) is 16.9 Å². The first kappa shape index (κ1) is 27.9. The largest absolute Gasteiger partial charge is 0.506 e. The molecule has 4 heterocycles. The fourth-order valence-corrected chi connectivity index (χ4v) is 6.74. The molecular formula is C29H30N4O10. The van der Waals surface area contributed by atoms with Crippen molar-refractivity contribution in [2.24, 2.45) is 0 Å². The first-order valence-electron chi connectivity index (χ1n) is 13.9. The molecule has 0 spiro atoms. The number of hydrogen-bond donors (Lipinski definition) is 9. The summed E-state index contributed by atoms with van der Waals surface area (Å²) in [7, 11) is 0. The van der Waals surface area contributed by atoms with Crippen molar-refractivity contribution in [2.75, 3.05) is 24.7 Å². The predicted octanol–water partition coefficient (Wildman–Crippen LogP) is -3.33. The van der Waals surface area contributed by atoms with Gasteiger partial charge in [-0.1, -0.05) is 30.4 Å². The summed E-state index contributed by atoms with van der Waals surface area (Å²) in [4.78, 5) is 32.9. The molecule has 226 valence electrons.